The van der Waals surface area contributed by atoms with E-state index in [-0.39, 0.29) is 12.7 Å². The fraction of sp³-hybridized carbons (Fsp3) is 0.111. The van der Waals surface area contributed by atoms with Crippen molar-refractivity contribution in [2.24, 2.45) is 0 Å². The van der Waals surface area contributed by atoms with Gasteiger partial charge in [0.1, 0.15) is 12.7 Å². The van der Waals surface area contributed by atoms with Gasteiger partial charge in [0.25, 0.3) is 0 Å². The van der Waals surface area contributed by atoms with E-state index in [2.05, 4.69) is 17.8 Å². The smallest absolute Gasteiger partial charge is 0.145 e. The van der Waals surface area contributed by atoms with E-state index in [0.717, 1.165) is 11.1 Å². The molecule has 0 aliphatic carbocycles. The largest absolute Gasteiger partial charge is 0.348 e. The highest BCUT2D eigenvalue weighted by Gasteiger charge is 2.06. The molecule has 0 spiro atoms. The van der Waals surface area contributed by atoms with E-state index in [1.165, 1.54) is 0 Å². The summed E-state index contributed by atoms with van der Waals surface area (Å²) in [5.41, 5.74) is 1.98. The third kappa shape index (κ3) is 4.03. The second-order valence-electron chi connectivity index (χ2n) is 3.94. The molecule has 0 bridgehead atoms. The quantitative estimate of drug-likeness (QED) is 0.754. The van der Waals surface area contributed by atoms with E-state index >= 15 is 0 Å². The van der Waals surface area contributed by atoms with Gasteiger partial charge in [-0.25, -0.2) is 0 Å². The normalized spacial score (nSPS) is 10.9. The summed E-state index contributed by atoms with van der Waals surface area (Å²) in [6.07, 6.45) is 4.94. The Kier molecular flexibility index (Phi) is 4.82. The Morgan fingerprint density at radius 1 is 0.947 bits per heavy atom. The van der Waals surface area contributed by atoms with Crippen LogP contribution in [0.1, 0.15) is 17.2 Å². The molecule has 0 aliphatic rings. The summed E-state index contributed by atoms with van der Waals surface area (Å²) in [7, 11) is 0. The lowest BCUT2D eigenvalue weighted by Crippen LogP contribution is -2.02. The molecule has 1 atom stereocenters. The lowest BCUT2D eigenvalue weighted by Gasteiger charge is -2.10. The molecule has 92 valence electrons. The van der Waals surface area contributed by atoms with Gasteiger partial charge in [-0.3, -0.25) is 0 Å². The second-order valence-corrected chi connectivity index (χ2v) is 3.94. The first kappa shape index (κ1) is 13.0. The van der Waals surface area contributed by atoms with Crippen LogP contribution in [0.3, 0.4) is 0 Å². The Labute approximate surface area is 114 Å². The Morgan fingerprint density at radius 3 is 2.21 bits per heavy atom. The predicted molar refractivity (Wildman–Crippen MR) is 77.3 cm³/mol. The first-order valence-electron chi connectivity index (χ1n) is 6.07. The monoisotopic (exact) mass is 246 g/mol. The number of terminal acetylenes is 1. The lowest BCUT2D eigenvalue weighted by atomic mass is 10.1. The second kappa shape index (κ2) is 7.07. The molecule has 0 amide bonds. The van der Waals surface area contributed by atoms with Crippen molar-refractivity contribution in [2.45, 2.75) is 6.10 Å². The van der Waals surface area contributed by atoms with Crippen molar-refractivity contribution in [3.05, 3.63) is 71.8 Å². The minimum Gasteiger partial charge on any atom is -0.348 e. The molecule has 0 fully saturated rings. The van der Waals surface area contributed by atoms with Gasteiger partial charge in [0.2, 0.25) is 0 Å². The van der Waals surface area contributed by atoms with Crippen LogP contribution >= 0.6 is 0 Å². The molecular formula is C18H14O. The van der Waals surface area contributed by atoms with Crippen LogP contribution in [0.5, 0.6) is 0 Å². The SMILES string of the molecule is C#CCOC(C#Cc1ccccc1)c1ccccc1. The fourth-order valence-electron chi connectivity index (χ4n) is 1.65. The highest BCUT2D eigenvalue weighted by atomic mass is 16.5. The fourth-order valence-corrected chi connectivity index (χ4v) is 1.65. The molecule has 1 nitrogen and oxygen atoms in total. The van der Waals surface area contributed by atoms with Crippen LogP contribution < -0.4 is 0 Å². The number of ether oxygens (including phenoxy) is 1. The van der Waals surface area contributed by atoms with Gasteiger partial charge >= 0.3 is 0 Å². The Hall–Kier alpha value is -2.48. The number of benzene rings is 2. The van der Waals surface area contributed by atoms with Crippen LogP contribution in [0.4, 0.5) is 0 Å². The number of hydrogen-bond acceptors (Lipinski definition) is 1. The van der Waals surface area contributed by atoms with E-state index in [4.69, 9.17) is 11.2 Å². The van der Waals surface area contributed by atoms with Crippen LogP contribution in [0.15, 0.2) is 60.7 Å². The average Bonchev–Trinajstić information content (AvgIpc) is 2.49. The van der Waals surface area contributed by atoms with E-state index in [1.807, 2.05) is 60.7 Å². The number of hydrogen-bond donors (Lipinski definition) is 0. The topological polar surface area (TPSA) is 9.23 Å². The van der Waals surface area contributed by atoms with E-state index < -0.39 is 0 Å². The maximum Gasteiger partial charge on any atom is 0.145 e. The highest BCUT2D eigenvalue weighted by Crippen LogP contribution is 2.16. The summed E-state index contributed by atoms with van der Waals surface area (Å²) < 4.78 is 5.59. The maximum absolute atomic E-state index is 5.59. The predicted octanol–water partition coefficient (Wildman–Crippen LogP) is 3.43. The first-order valence-corrected chi connectivity index (χ1v) is 6.07. The minimum atomic E-state index is -0.294. The lowest BCUT2D eigenvalue weighted by molar-refractivity contribution is 0.121. The zero-order valence-electron chi connectivity index (χ0n) is 10.5. The minimum absolute atomic E-state index is 0.253. The Bertz CT molecular complexity index is 597. The third-order valence-corrected chi connectivity index (χ3v) is 2.56. The van der Waals surface area contributed by atoms with Crippen molar-refractivity contribution in [1.82, 2.24) is 0 Å². The molecule has 2 rings (SSSR count). The van der Waals surface area contributed by atoms with Gasteiger partial charge in [0.15, 0.2) is 0 Å². The molecule has 0 saturated carbocycles. The Balaban J connectivity index is 2.20. The standard InChI is InChI=1S/C18H14O/c1-2-15-19-18(17-11-7-4-8-12-17)14-13-16-9-5-3-6-10-16/h1,3-12,18H,15H2. The molecule has 0 heterocycles. The van der Waals surface area contributed by atoms with E-state index in [1.54, 1.807) is 0 Å². The first-order chi connectivity index (χ1) is 9.40. The summed E-state index contributed by atoms with van der Waals surface area (Å²) in [6, 6.07) is 19.7. The summed E-state index contributed by atoms with van der Waals surface area (Å²) >= 11 is 0. The van der Waals surface area contributed by atoms with Crippen molar-refractivity contribution in [2.75, 3.05) is 6.61 Å². The van der Waals surface area contributed by atoms with Gasteiger partial charge in [-0.15, -0.1) is 6.42 Å². The summed E-state index contributed by atoms with van der Waals surface area (Å²) in [4.78, 5) is 0. The van der Waals surface area contributed by atoms with Crippen molar-refractivity contribution in [3.63, 3.8) is 0 Å². The van der Waals surface area contributed by atoms with Gasteiger partial charge in [-0.1, -0.05) is 66.3 Å². The summed E-state index contributed by atoms with van der Waals surface area (Å²) in [5, 5.41) is 0. The molecule has 0 saturated heterocycles. The molecule has 1 unspecified atom stereocenters. The zero-order chi connectivity index (χ0) is 13.3. The van der Waals surface area contributed by atoms with Crippen LogP contribution in [-0.2, 0) is 4.74 Å². The third-order valence-electron chi connectivity index (χ3n) is 2.56. The Morgan fingerprint density at radius 2 is 1.58 bits per heavy atom. The van der Waals surface area contributed by atoms with Crippen molar-refractivity contribution >= 4 is 0 Å². The molecule has 1 heteroatoms. The number of rotatable bonds is 3. The molecular weight excluding hydrogens is 232 g/mol. The molecule has 2 aromatic carbocycles. The summed E-state index contributed by atoms with van der Waals surface area (Å²) in [6.45, 7) is 0.253. The van der Waals surface area contributed by atoms with Crippen LogP contribution in [0.25, 0.3) is 0 Å². The van der Waals surface area contributed by atoms with Gasteiger partial charge in [0, 0.05) is 5.56 Å². The maximum atomic E-state index is 5.59. The van der Waals surface area contributed by atoms with Gasteiger partial charge < -0.3 is 4.74 Å². The molecule has 0 aromatic heterocycles. The van der Waals surface area contributed by atoms with Gasteiger partial charge in [-0.05, 0) is 17.7 Å². The van der Waals surface area contributed by atoms with Crippen molar-refractivity contribution in [3.8, 4) is 24.2 Å². The molecule has 0 N–H and O–H groups in total. The van der Waals surface area contributed by atoms with Gasteiger partial charge in [-0.2, -0.15) is 0 Å². The molecule has 2 aromatic rings. The van der Waals surface area contributed by atoms with Crippen LogP contribution in [0, 0.1) is 24.2 Å². The highest BCUT2D eigenvalue weighted by molar-refractivity contribution is 5.36. The van der Waals surface area contributed by atoms with Crippen LogP contribution in [0.2, 0.25) is 0 Å². The van der Waals surface area contributed by atoms with E-state index in [0.29, 0.717) is 0 Å². The van der Waals surface area contributed by atoms with E-state index in [9.17, 15) is 0 Å². The summed E-state index contributed by atoms with van der Waals surface area (Å²) in [5.74, 6) is 8.70. The average molecular weight is 246 g/mol. The molecule has 19 heavy (non-hydrogen) atoms. The molecule has 0 radical (unpaired) electrons. The molecule has 0 aliphatic heterocycles. The van der Waals surface area contributed by atoms with Crippen LogP contribution in [-0.4, -0.2) is 6.61 Å². The van der Waals surface area contributed by atoms with Crippen molar-refractivity contribution < 1.29 is 4.74 Å². The van der Waals surface area contributed by atoms with Crippen molar-refractivity contribution in [1.29, 1.82) is 0 Å². The van der Waals surface area contributed by atoms with Gasteiger partial charge in [0.05, 0.1) is 0 Å². The zero-order valence-corrected chi connectivity index (χ0v) is 10.5.